The molecule has 21 heavy (non-hydrogen) atoms. The van der Waals surface area contributed by atoms with Crippen LogP contribution in [0.15, 0.2) is 24.3 Å². The van der Waals surface area contributed by atoms with Gasteiger partial charge in [0.1, 0.15) is 0 Å². The van der Waals surface area contributed by atoms with Crippen LogP contribution in [0, 0.1) is 5.92 Å². The van der Waals surface area contributed by atoms with E-state index in [1.807, 2.05) is 43.1 Å². The predicted molar refractivity (Wildman–Crippen MR) is 87.6 cm³/mol. The molecule has 2 rings (SSSR count). The summed E-state index contributed by atoms with van der Waals surface area (Å²) in [6.07, 6.45) is 4.72. The number of hydrogen-bond donors (Lipinski definition) is 1. The Kier molecular flexibility index (Phi) is 5.51. The molecule has 2 amide bonds. The van der Waals surface area contributed by atoms with Gasteiger partial charge in [0, 0.05) is 18.1 Å². The number of halogens is 1. The molecule has 1 fully saturated rings. The van der Waals surface area contributed by atoms with Crippen molar-refractivity contribution >= 4 is 17.6 Å². The van der Waals surface area contributed by atoms with Crippen LogP contribution in [0.3, 0.4) is 0 Å². The Morgan fingerprint density at radius 2 is 2.19 bits per heavy atom. The van der Waals surface area contributed by atoms with Crippen molar-refractivity contribution in [3.63, 3.8) is 0 Å². The Bertz CT molecular complexity index is 491. The van der Waals surface area contributed by atoms with E-state index < -0.39 is 0 Å². The van der Waals surface area contributed by atoms with E-state index in [4.69, 9.17) is 11.6 Å². The van der Waals surface area contributed by atoms with Gasteiger partial charge in [-0.05, 0) is 43.4 Å². The van der Waals surface area contributed by atoms with Crippen LogP contribution in [-0.2, 0) is 0 Å². The number of hydrogen-bond acceptors (Lipinski definition) is 1. The number of nitrogens with one attached hydrogen (secondary N) is 1. The van der Waals surface area contributed by atoms with Crippen molar-refractivity contribution in [2.24, 2.45) is 5.92 Å². The first kappa shape index (κ1) is 16.2. The van der Waals surface area contributed by atoms with E-state index in [0.717, 1.165) is 18.4 Å². The standard InChI is InChI=1S/C17H25ClN2O/c1-12-6-4-9-16(10-12)20(3)17(21)19-13(2)14-7-5-8-15(18)11-14/h5,7-8,11-13,16H,4,6,9-10H2,1-3H3,(H,19,21). The number of urea groups is 1. The molecular formula is C17H25ClN2O. The molecule has 3 atom stereocenters. The van der Waals surface area contributed by atoms with Gasteiger partial charge in [-0.2, -0.15) is 0 Å². The van der Waals surface area contributed by atoms with E-state index in [0.29, 0.717) is 17.0 Å². The van der Waals surface area contributed by atoms with Crippen LogP contribution in [0.4, 0.5) is 4.79 Å². The Hall–Kier alpha value is -1.22. The summed E-state index contributed by atoms with van der Waals surface area (Å²) >= 11 is 6.00. The monoisotopic (exact) mass is 308 g/mol. The van der Waals surface area contributed by atoms with Crippen molar-refractivity contribution in [3.8, 4) is 0 Å². The van der Waals surface area contributed by atoms with Gasteiger partial charge in [-0.15, -0.1) is 0 Å². The largest absolute Gasteiger partial charge is 0.331 e. The van der Waals surface area contributed by atoms with Gasteiger partial charge in [0.2, 0.25) is 0 Å². The summed E-state index contributed by atoms with van der Waals surface area (Å²) in [6, 6.07) is 7.96. The van der Waals surface area contributed by atoms with Gasteiger partial charge in [-0.25, -0.2) is 4.79 Å². The lowest BCUT2D eigenvalue weighted by molar-refractivity contribution is 0.158. The molecule has 0 aromatic heterocycles. The Morgan fingerprint density at radius 3 is 2.86 bits per heavy atom. The fraction of sp³-hybridized carbons (Fsp3) is 0.588. The predicted octanol–water partition coefficient (Wildman–Crippen LogP) is 4.62. The highest BCUT2D eigenvalue weighted by atomic mass is 35.5. The third-order valence-corrected chi connectivity index (χ3v) is 4.70. The second-order valence-corrected chi connectivity index (χ2v) is 6.70. The molecule has 4 heteroatoms. The summed E-state index contributed by atoms with van der Waals surface area (Å²) in [5, 5.41) is 3.76. The lowest BCUT2D eigenvalue weighted by Gasteiger charge is -2.34. The third-order valence-electron chi connectivity index (χ3n) is 4.47. The van der Waals surface area contributed by atoms with Gasteiger partial charge in [0.15, 0.2) is 0 Å². The first-order chi connectivity index (χ1) is 9.97. The molecule has 1 saturated carbocycles. The molecule has 1 aromatic carbocycles. The highest BCUT2D eigenvalue weighted by molar-refractivity contribution is 6.30. The van der Waals surface area contributed by atoms with E-state index >= 15 is 0 Å². The third kappa shape index (κ3) is 4.37. The minimum atomic E-state index is -0.0420. The van der Waals surface area contributed by atoms with Gasteiger partial charge in [0.05, 0.1) is 6.04 Å². The van der Waals surface area contributed by atoms with Crippen molar-refractivity contribution in [1.29, 1.82) is 0 Å². The fourth-order valence-electron chi connectivity index (χ4n) is 3.07. The van der Waals surface area contributed by atoms with Crippen molar-refractivity contribution < 1.29 is 4.79 Å². The summed E-state index contributed by atoms with van der Waals surface area (Å²) in [7, 11) is 1.91. The van der Waals surface area contributed by atoms with Crippen LogP contribution in [0.5, 0.6) is 0 Å². The molecular weight excluding hydrogens is 284 g/mol. The van der Waals surface area contributed by atoms with E-state index in [1.165, 1.54) is 12.8 Å². The second-order valence-electron chi connectivity index (χ2n) is 6.26. The number of benzene rings is 1. The SMILES string of the molecule is CC1CCCC(N(C)C(=O)NC(C)c2cccc(Cl)c2)C1. The average molecular weight is 309 g/mol. The number of rotatable bonds is 3. The topological polar surface area (TPSA) is 32.3 Å². The Labute approximate surface area is 132 Å². The molecule has 0 aliphatic heterocycles. The van der Waals surface area contributed by atoms with Crippen LogP contribution in [0.2, 0.25) is 5.02 Å². The minimum absolute atomic E-state index is 0.00146. The average Bonchev–Trinajstić information content (AvgIpc) is 2.46. The van der Waals surface area contributed by atoms with E-state index in [9.17, 15) is 4.79 Å². The normalized spacial score (nSPS) is 23.4. The first-order valence-corrected chi connectivity index (χ1v) is 8.14. The van der Waals surface area contributed by atoms with Crippen LogP contribution >= 0.6 is 11.6 Å². The van der Waals surface area contributed by atoms with Crippen LogP contribution in [0.25, 0.3) is 0 Å². The van der Waals surface area contributed by atoms with Crippen molar-refractivity contribution in [3.05, 3.63) is 34.9 Å². The highest BCUT2D eigenvalue weighted by Crippen LogP contribution is 2.27. The fourth-order valence-corrected chi connectivity index (χ4v) is 3.26. The van der Waals surface area contributed by atoms with Gasteiger partial charge in [-0.1, -0.05) is 43.5 Å². The molecule has 1 aliphatic carbocycles. The minimum Gasteiger partial charge on any atom is -0.331 e. The molecule has 0 spiro atoms. The summed E-state index contributed by atoms with van der Waals surface area (Å²) in [6.45, 7) is 4.26. The molecule has 0 radical (unpaired) electrons. The van der Waals surface area contributed by atoms with Crippen molar-refractivity contribution in [2.75, 3.05) is 7.05 Å². The highest BCUT2D eigenvalue weighted by Gasteiger charge is 2.26. The maximum Gasteiger partial charge on any atom is 0.317 e. The van der Waals surface area contributed by atoms with Crippen LogP contribution < -0.4 is 5.32 Å². The quantitative estimate of drug-likeness (QED) is 0.868. The van der Waals surface area contributed by atoms with Gasteiger partial charge < -0.3 is 10.2 Å². The van der Waals surface area contributed by atoms with Gasteiger partial charge in [-0.3, -0.25) is 0 Å². The lowest BCUT2D eigenvalue weighted by Crippen LogP contribution is -2.45. The zero-order valence-electron chi connectivity index (χ0n) is 13.1. The lowest BCUT2D eigenvalue weighted by atomic mass is 9.86. The molecule has 1 aliphatic rings. The Morgan fingerprint density at radius 1 is 1.43 bits per heavy atom. The number of nitrogens with zero attached hydrogens (tertiary/aromatic N) is 1. The van der Waals surface area contributed by atoms with E-state index in [-0.39, 0.29) is 12.1 Å². The van der Waals surface area contributed by atoms with Gasteiger partial charge >= 0.3 is 6.03 Å². The molecule has 0 bridgehead atoms. The maximum absolute atomic E-state index is 12.4. The van der Waals surface area contributed by atoms with Crippen molar-refractivity contribution in [2.45, 2.75) is 51.6 Å². The molecule has 3 nitrogen and oxygen atoms in total. The molecule has 0 heterocycles. The summed E-state index contributed by atoms with van der Waals surface area (Å²) < 4.78 is 0. The van der Waals surface area contributed by atoms with Crippen LogP contribution in [0.1, 0.15) is 51.1 Å². The van der Waals surface area contributed by atoms with E-state index in [2.05, 4.69) is 12.2 Å². The number of carbonyl (C=O) groups excluding carboxylic acids is 1. The maximum atomic E-state index is 12.4. The molecule has 116 valence electrons. The zero-order valence-corrected chi connectivity index (χ0v) is 13.9. The molecule has 3 unspecified atom stereocenters. The molecule has 1 aromatic rings. The Balaban J connectivity index is 1.93. The molecule has 0 saturated heterocycles. The second kappa shape index (κ2) is 7.17. The van der Waals surface area contributed by atoms with Gasteiger partial charge in [0.25, 0.3) is 0 Å². The smallest absolute Gasteiger partial charge is 0.317 e. The van der Waals surface area contributed by atoms with E-state index in [1.54, 1.807) is 0 Å². The number of carbonyl (C=O) groups is 1. The molecule has 1 N–H and O–H groups in total. The number of amides is 2. The zero-order chi connectivity index (χ0) is 15.4. The summed E-state index contributed by atoms with van der Waals surface area (Å²) in [5.74, 6) is 0.712. The van der Waals surface area contributed by atoms with Crippen LogP contribution in [-0.4, -0.2) is 24.0 Å². The summed E-state index contributed by atoms with van der Waals surface area (Å²) in [5.41, 5.74) is 1.03. The summed E-state index contributed by atoms with van der Waals surface area (Å²) in [4.78, 5) is 14.3. The first-order valence-electron chi connectivity index (χ1n) is 7.76. The van der Waals surface area contributed by atoms with Crippen molar-refractivity contribution in [1.82, 2.24) is 10.2 Å².